The van der Waals surface area contributed by atoms with E-state index >= 15 is 0 Å². The Kier molecular flexibility index (Phi) is 3.07. The number of aryl methyl sites for hydroxylation is 1. The zero-order valence-corrected chi connectivity index (χ0v) is 12.6. The van der Waals surface area contributed by atoms with E-state index in [9.17, 15) is 8.42 Å². The number of imidazole rings is 1. The van der Waals surface area contributed by atoms with Gasteiger partial charge in [0.15, 0.2) is 0 Å². The van der Waals surface area contributed by atoms with Gasteiger partial charge in [-0.15, -0.1) is 0 Å². The quantitative estimate of drug-likeness (QED) is 0.921. The van der Waals surface area contributed by atoms with Crippen LogP contribution in [-0.4, -0.2) is 54.2 Å². The summed E-state index contributed by atoms with van der Waals surface area (Å²) < 4.78 is 26.6. The first kappa shape index (κ1) is 13.5. The number of hydrogen-bond acceptors (Lipinski definition) is 3. The first-order valence-electron chi connectivity index (χ1n) is 6.52. The lowest BCUT2D eigenvalue weighted by Gasteiger charge is -2.38. The number of nitrogens with zero attached hydrogens (tertiary/aromatic N) is 3. The van der Waals surface area contributed by atoms with Crippen molar-refractivity contribution >= 4 is 21.2 Å². The molecule has 1 aromatic carbocycles. The highest BCUT2D eigenvalue weighted by molar-refractivity contribution is 7.86. The minimum absolute atomic E-state index is 0.150. The van der Waals surface area contributed by atoms with E-state index in [1.54, 1.807) is 14.1 Å². The standard InChI is InChI=1S/C13H18N4O2S/c1-9-4-5-11-12(6-9)15-13(14-11)10-7-17(8-10)20(18,19)16(2)3/h4-6,10H,7-8H2,1-3H3,(H,14,15). The molecule has 0 atom stereocenters. The molecule has 2 heterocycles. The second-order valence-corrected chi connectivity index (χ2v) is 7.59. The van der Waals surface area contributed by atoms with Crippen LogP contribution in [0.15, 0.2) is 18.2 Å². The Morgan fingerprint density at radius 2 is 2.05 bits per heavy atom. The van der Waals surface area contributed by atoms with Crippen LogP contribution in [0, 0.1) is 6.92 Å². The fraction of sp³-hybridized carbons (Fsp3) is 0.462. The lowest BCUT2D eigenvalue weighted by atomic mass is 10.0. The molecule has 3 rings (SSSR count). The summed E-state index contributed by atoms with van der Waals surface area (Å²) in [5, 5.41) is 0. The highest BCUT2D eigenvalue weighted by Crippen LogP contribution is 2.29. The Bertz CT molecular complexity index is 745. The van der Waals surface area contributed by atoms with Crippen molar-refractivity contribution in [3.05, 3.63) is 29.6 Å². The van der Waals surface area contributed by atoms with Crippen molar-refractivity contribution in [3.63, 3.8) is 0 Å². The molecule has 1 N–H and O–H groups in total. The lowest BCUT2D eigenvalue weighted by Crippen LogP contribution is -2.52. The van der Waals surface area contributed by atoms with Gasteiger partial charge in [0.05, 0.1) is 11.0 Å². The summed E-state index contributed by atoms with van der Waals surface area (Å²) in [5.41, 5.74) is 3.12. The summed E-state index contributed by atoms with van der Waals surface area (Å²) in [6.45, 7) is 3.01. The van der Waals surface area contributed by atoms with Crippen LogP contribution < -0.4 is 0 Å². The molecule has 0 amide bonds. The number of hydrogen-bond donors (Lipinski definition) is 1. The van der Waals surface area contributed by atoms with Crippen LogP contribution in [0.1, 0.15) is 17.3 Å². The third-order valence-electron chi connectivity index (χ3n) is 3.68. The van der Waals surface area contributed by atoms with Gasteiger partial charge in [0, 0.05) is 33.1 Å². The molecule has 7 heteroatoms. The average molecular weight is 294 g/mol. The highest BCUT2D eigenvalue weighted by Gasteiger charge is 2.39. The average Bonchev–Trinajstić information content (AvgIpc) is 2.68. The molecule has 1 aromatic heterocycles. The number of aromatic amines is 1. The zero-order chi connectivity index (χ0) is 14.5. The van der Waals surface area contributed by atoms with Gasteiger partial charge in [-0.05, 0) is 24.6 Å². The number of H-pyrrole nitrogens is 1. The summed E-state index contributed by atoms with van der Waals surface area (Å²) in [6, 6.07) is 6.06. The van der Waals surface area contributed by atoms with Crippen molar-refractivity contribution in [1.82, 2.24) is 18.6 Å². The Hall–Kier alpha value is -1.44. The van der Waals surface area contributed by atoms with Gasteiger partial charge in [0.1, 0.15) is 5.82 Å². The number of rotatable bonds is 3. The Morgan fingerprint density at radius 3 is 2.70 bits per heavy atom. The molecular weight excluding hydrogens is 276 g/mol. The van der Waals surface area contributed by atoms with E-state index in [1.807, 2.05) is 19.1 Å². The van der Waals surface area contributed by atoms with Gasteiger partial charge in [-0.25, -0.2) is 4.98 Å². The smallest absolute Gasteiger partial charge is 0.281 e. The van der Waals surface area contributed by atoms with Gasteiger partial charge in [-0.1, -0.05) is 6.07 Å². The molecule has 0 saturated carbocycles. The molecule has 2 aromatic rings. The van der Waals surface area contributed by atoms with E-state index in [0.29, 0.717) is 13.1 Å². The van der Waals surface area contributed by atoms with Crippen molar-refractivity contribution in [2.75, 3.05) is 27.2 Å². The van der Waals surface area contributed by atoms with E-state index in [2.05, 4.69) is 16.0 Å². The van der Waals surface area contributed by atoms with Crippen molar-refractivity contribution in [2.24, 2.45) is 0 Å². The van der Waals surface area contributed by atoms with Crippen LogP contribution in [0.25, 0.3) is 11.0 Å². The number of nitrogens with one attached hydrogen (secondary N) is 1. The lowest BCUT2D eigenvalue weighted by molar-refractivity contribution is 0.243. The van der Waals surface area contributed by atoms with Gasteiger partial charge >= 0.3 is 0 Å². The van der Waals surface area contributed by atoms with Crippen LogP contribution in [0.5, 0.6) is 0 Å². The first-order valence-corrected chi connectivity index (χ1v) is 7.91. The Balaban J connectivity index is 1.79. The molecule has 6 nitrogen and oxygen atoms in total. The molecule has 1 aliphatic heterocycles. The molecule has 0 radical (unpaired) electrons. The highest BCUT2D eigenvalue weighted by atomic mass is 32.2. The van der Waals surface area contributed by atoms with Crippen molar-refractivity contribution in [1.29, 1.82) is 0 Å². The Morgan fingerprint density at radius 1 is 1.35 bits per heavy atom. The second kappa shape index (κ2) is 4.54. The molecule has 1 saturated heterocycles. The second-order valence-electron chi connectivity index (χ2n) is 5.45. The van der Waals surface area contributed by atoms with E-state index in [0.717, 1.165) is 16.9 Å². The topological polar surface area (TPSA) is 69.3 Å². The summed E-state index contributed by atoms with van der Waals surface area (Å²) in [4.78, 5) is 7.84. The number of fused-ring (bicyclic) bond motifs is 1. The van der Waals surface area contributed by atoms with Gasteiger partial charge in [0.25, 0.3) is 10.2 Å². The normalized spacial score (nSPS) is 17.8. The van der Waals surface area contributed by atoms with Crippen LogP contribution >= 0.6 is 0 Å². The van der Waals surface area contributed by atoms with Gasteiger partial charge in [0.2, 0.25) is 0 Å². The molecule has 108 valence electrons. The van der Waals surface area contributed by atoms with Crippen molar-refractivity contribution < 1.29 is 8.42 Å². The van der Waals surface area contributed by atoms with E-state index in [-0.39, 0.29) is 5.92 Å². The predicted molar refractivity (Wildman–Crippen MR) is 77.8 cm³/mol. The zero-order valence-electron chi connectivity index (χ0n) is 11.8. The van der Waals surface area contributed by atoms with Crippen LogP contribution in [0.3, 0.4) is 0 Å². The van der Waals surface area contributed by atoms with Crippen LogP contribution in [-0.2, 0) is 10.2 Å². The van der Waals surface area contributed by atoms with Crippen molar-refractivity contribution in [3.8, 4) is 0 Å². The summed E-state index contributed by atoms with van der Waals surface area (Å²) >= 11 is 0. The molecular formula is C13H18N4O2S. The fourth-order valence-electron chi connectivity index (χ4n) is 2.37. The maximum Gasteiger partial charge on any atom is 0.281 e. The predicted octanol–water partition coefficient (Wildman–Crippen LogP) is 1.08. The molecule has 0 spiro atoms. The van der Waals surface area contributed by atoms with E-state index in [4.69, 9.17) is 0 Å². The summed E-state index contributed by atoms with van der Waals surface area (Å²) in [7, 11) is -0.196. The molecule has 0 aliphatic carbocycles. The van der Waals surface area contributed by atoms with E-state index < -0.39 is 10.2 Å². The minimum atomic E-state index is -3.29. The maximum atomic E-state index is 11.9. The SMILES string of the molecule is Cc1ccc2nc(C3CN(S(=O)(=O)N(C)C)C3)[nH]c2c1. The minimum Gasteiger partial charge on any atom is -0.342 e. The first-order chi connectivity index (χ1) is 9.38. The van der Waals surface area contributed by atoms with Gasteiger partial charge in [-0.2, -0.15) is 17.0 Å². The molecule has 0 unspecified atom stereocenters. The summed E-state index contributed by atoms with van der Waals surface area (Å²) in [5.74, 6) is 1.02. The summed E-state index contributed by atoms with van der Waals surface area (Å²) in [6.07, 6.45) is 0. The third kappa shape index (κ3) is 2.11. The molecule has 1 aliphatic rings. The van der Waals surface area contributed by atoms with Gasteiger partial charge in [-0.3, -0.25) is 0 Å². The fourth-order valence-corrected chi connectivity index (χ4v) is 3.57. The number of aromatic nitrogens is 2. The molecule has 0 bridgehead atoms. The maximum absolute atomic E-state index is 11.9. The van der Waals surface area contributed by atoms with Crippen LogP contribution in [0.2, 0.25) is 0 Å². The third-order valence-corrected chi connectivity index (χ3v) is 5.55. The largest absolute Gasteiger partial charge is 0.342 e. The Labute approximate surface area is 118 Å². The molecule has 1 fully saturated rings. The van der Waals surface area contributed by atoms with Gasteiger partial charge < -0.3 is 4.98 Å². The van der Waals surface area contributed by atoms with E-state index in [1.165, 1.54) is 14.2 Å². The number of benzene rings is 1. The van der Waals surface area contributed by atoms with Crippen molar-refractivity contribution in [2.45, 2.75) is 12.8 Å². The van der Waals surface area contributed by atoms with Crippen LogP contribution in [0.4, 0.5) is 0 Å². The molecule has 20 heavy (non-hydrogen) atoms. The monoisotopic (exact) mass is 294 g/mol.